The minimum atomic E-state index is -4.87. The van der Waals surface area contributed by atoms with Gasteiger partial charge in [-0.15, -0.1) is 0 Å². The minimum absolute atomic E-state index is 0.00733. The lowest BCUT2D eigenvalue weighted by Gasteiger charge is -2.27. The smallest absolute Gasteiger partial charge is 0.435 e. The Morgan fingerprint density at radius 1 is 0.764 bits per heavy atom. The molecule has 12 nitrogen and oxygen atoms in total. The third-order valence-electron chi connectivity index (χ3n) is 7.60. The van der Waals surface area contributed by atoms with Gasteiger partial charge in [0.15, 0.2) is 11.8 Å². The van der Waals surface area contributed by atoms with Crippen LogP contribution in [0.25, 0.3) is 5.69 Å². The topological polar surface area (TPSA) is 150 Å². The minimum Gasteiger partial charge on any atom is -0.451 e. The Bertz CT molecular complexity index is 1980. The number of carbonyl (C=O) groups excluding carboxylic acids is 4. The highest BCUT2D eigenvalue weighted by atomic mass is 19.4. The van der Waals surface area contributed by atoms with Crippen molar-refractivity contribution < 1.29 is 46.6 Å². The van der Waals surface area contributed by atoms with Gasteiger partial charge in [0.2, 0.25) is 0 Å². The van der Waals surface area contributed by atoms with Gasteiger partial charge in [-0.3, -0.25) is 4.79 Å². The maximum atomic E-state index is 13.9. The fraction of sp³-hybridized carbons (Fsp3) is 0.375. The van der Waals surface area contributed by atoms with Crippen LogP contribution in [-0.2, 0) is 31.7 Å². The number of esters is 1. The van der Waals surface area contributed by atoms with E-state index in [1.165, 1.54) is 24.3 Å². The lowest BCUT2D eigenvalue weighted by Crippen LogP contribution is -2.47. The van der Waals surface area contributed by atoms with Gasteiger partial charge in [-0.2, -0.15) is 18.3 Å². The largest absolute Gasteiger partial charge is 0.451 e. The Labute approximate surface area is 317 Å². The number of anilines is 1. The van der Waals surface area contributed by atoms with Crippen molar-refractivity contribution in [2.45, 2.75) is 91.5 Å². The van der Waals surface area contributed by atoms with E-state index in [0.717, 1.165) is 4.68 Å². The molecule has 0 fully saturated rings. The van der Waals surface area contributed by atoms with Crippen LogP contribution in [0.15, 0.2) is 84.9 Å². The number of hydrogen-bond acceptors (Lipinski definition) is 8. The van der Waals surface area contributed by atoms with Crippen LogP contribution in [0.2, 0.25) is 0 Å². The van der Waals surface area contributed by atoms with Crippen molar-refractivity contribution in [2.24, 2.45) is 5.92 Å². The number of ether oxygens (including phenoxy) is 3. The molecule has 0 bridgehead atoms. The highest BCUT2D eigenvalue weighted by Gasteiger charge is 2.36. The van der Waals surface area contributed by atoms with E-state index in [9.17, 15) is 32.3 Å². The number of hydrogen-bond donors (Lipinski definition) is 3. The molecule has 3 amide bonds. The highest BCUT2D eigenvalue weighted by Crippen LogP contribution is 2.32. The van der Waals surface area contributed by atoms with E-state index in [0.29, 0.717) is 22.8 Å². The van der Waals surface area contributed by atoms with Crippen molar-refractivity contribution in [3.8, 4) is 5.69 Å². The van der Waals surface area contributed by atoms with Gasteiger partial charge in [-0.25, -0.2) is 19.1 Å². The molecule has 0 aliphatic rings. The second kappa shape index (κ2) is 17.1. The molecule has 4 rings (SSSR count). The Balaban J connectivity index is 1.62. The molecular weight excluding hydrogens is 719 g/mol. The van der Waals surface area contributed by atoms with Crippen molar-refractivity contribution in [1.82, 2.24) is 20.4 Å². The predicted molar refractivity (Wildman–Crippen MR) is 198 cm³/mol. The Morgan fingerprint density at radius 2 is 1.38 bits per heavy atom. The van der Waals surface area contributed by atoms with Crippen LogP contribution in [0, 0.1) is 5.92 Å². The van der Waals surface area contributed by atoms with Gasteiger partial charge in [0.05, 0.1) is 5.69 Å². The summed E-state index contributed by atoms with van der Waals surface area (Å²) >= 11 is 0. The maximum absolute atomic E-state index is 13.9. The number of alkyl halides is 3. The number of amides is 3. The lowest BCUT2D eigenvalue weighted by atomic mass is 10.00. The number of benzene rings is 3. The van der Waals surface area contributed by atoms with Crippen LogP contribution < -0.4 is 16.0 Å². The first-order valence-electron chi connectivity index (χ1n) is 17.5. The van der Waals surface area contributed by atoms with E-state index in [-0.39, 0.29) is 23.8 Å². The summed E-state index contributed by atoms with van der Waals surface area (Å²) in [5, 5.41) is 11.5. The summed E-state index contributed by atoms with van der Waals surface area (Å²) in [7, 11) is 0. The summed E-state index contributed by atoms with van der Waals surface area (Å²) < 4.78 is 59.3. The SMILES string of the molecule is CC(C)[C@@H](NC(=O)OC(C)(C)C)C(=O)OC(c1ccccc1)c1cccc(NC(=O)c2cc(C(F)(F)F)nn2-c2cccc(CNC(=O)OC(C)(C)C)c2)c1. The molecule has 3 aromatic carbocycles. The van der Waals surface area contributed by atoms with E-state index in [4.69, 9.17) is 14.2 Å². The lowest BCUT2D eigenvalue weighted by molar-refractivity contribution is -0.151. The predicted octanol–water partition coefficient (Wildman–Crippen LogP) is 8.35. The molecule has 55 heavy (non-hydrogen) atoms. The van der Waals surface area contributed by atoms with Crippen molar-refractivity contribution in [3.63, 3.8) is 0 Å². The Morgan fingerprint density at radius 3 is 2.00 bits per heavy atom. The van der Waals surface area contributed by atoms with Gasteiger partial charge in [0.1, 0.15) is 22.9 Å². The number of nitrogens with one attached hydrogen (secondary N) is 3. The zero-order chi connectivity index (χ0) is 40.7. The average molecular weight is 766 g/mol. The van der Waals surface area contributed by atoms with Gasteiger partial charge in [-0.05, 0) is 88.4 Å². The first-order chi connectivity index (χ1) is 25.6. The number of halogens is 3. The molecule has 1 aromatic heterocycles. The Hall–Kier alpha value is -5.86. The highest BCUT2D eigenvalue weighted by molar-refractivity contribution is 6.03. The third kappa shape index (κ3) is 12.3. The van der Waals surface area contributed by atoms with Crippen LogP contribution in [0.3, 0.4) is 0 Å². The fourth-order valence-electron chi connectivity index (χ4n) is 5.22. The number of nitrogens with zero attached hydrogens (tertiary/aromatic N) is 2. The summed E-state index contributed by atoms with van der Waals surface area (Å²) in [6.45, 7) is 13.7. The van der Waals surface area contributed by atoms with E-state index < -0.39 is 65.0 Å². The monoisotopic (exact) mass is 765 g/mol. The van der Waals surface area contributed by atoms with Crippen molar-refractivity contribution in [3.05, 3.63) is 113 Å². The zero-order valence-electron chi connectivity index (χ0n) is 31.9. The quantitative estimate of drug-likeness (QED) is 0.102. The van der Waals surface area contributed by atoms with E-state index in [2.05, 4.69) is 21.0 Å². The summed E-state index contributed by atoms with van der Waals surface area (Å²) in [5.74, 6) is -2.03. The summed E-state index contributed by atoms with van der Waals surface area (Å²) in [4.78, 5) is 52.1. The molecule has 294 valence electrons. The molecular formula is C40H46F3N5O7. The van der Waals surface area contributed by atoms with E-state index in [1.807, 2.05) is 0 Å². The molecule has 2 atom stereocenters. The van der Waals surface area contributed by atoms with E-state index in [1.54, 1.807) is 110 Å². The summed E-state index contributed by atoms with van der Waals surface area (Å²) in [6.07, 6.45) is -7.34. The standard InChI is InChI=1S/C40H46F3N5O7/c1-24(2)32(46-37(52)55-39(6,7)8)35(50)53-33(26-15-10-9-11-16-26)27-17-13-18-28(21-27)45-34(49)30-22-31(40(41,42)43)47-48(30)29-19-12-14-25(20-29)23-44-36(51)54-38(3,4)5/h9-22,24,32-33H,23H2,1-8H3,(H,44,51)(H,45,49)(H,46,52)/t32-,33?/m1/s1. The molecule has 0 saturated heterocycles. The third-order valence-corrected chi connectivity index (χ3v) is 7.60. The van der Waals surface area contributed by atoms with Crippen LogP contribution in [0.4, 0.5) is 28.4 Å². The molecule has 3 N–H and O–H groups in total. The van der Waals surface area contributed by atoms with Gasteiger partial charge < -0.3 is 30.2 Å². The van der Waals surface area contributed by atoms with Crippen LogP contribution in [-0.4, -0.2) is 51.1 Å². The normalized spacial score (nSPS) is 13.0. The first kappa shape index (κ1) is 41.9. The number of rotatable bonds is 11. The number of carbonyl (C=O) groups is 4. The Kier molecular flexibility index (Phi) is 13.0. The summed E-state index contributed by atoms with van der Waals surface area (Å²) in [5.41, 5.74) is -1.43. The molecule has 0 spiro atoms. The van der Waals surface area contributed by atoms with E-state index >= 15 is 0 Å². The molecule has 1 unspecified atom stereocenters. The maximum Gasteiger partial charge on any atom is 0.435 e. The average Bonchev–Trinajstić information content (AvgIpc) is 3.55. The first-order valence-corrected chi connectivity index (χ1v) is 17.5. The molecule has 4 aromatic rings. The molecule has 0 saturated carbocycles. The number of alkyl carbamates (subject to hydrolysis) is 2. The van der Waals surface area contributed by atoms with Gasteiger partial charge in [0.25, 0.3) is 5.91 Å². The second-order valence-corrected chi connectivity index (χ2v) is 15.0. The van der Waals surface area contributed by atoms with Crippen LogP contribution in [0.1, 0.15) is 94.4 Å². The second-order valence-electron chi connectivity index (χ2n) is 15.0. The van der Waals surface area contributed by atoms with Gasteiger partial charge in [0, 0.05) is 18.3 Å². The molecule has 0 radical (unpaired) electrons. The molecule has 15 heteroatoms. The van der Waals surface area contributed by atoms with Gasteiger partial charge in [-0.1, -0.05) is 68.4 Å². The van der Waals surface area contributed by atoms with Crippen molar-refractivity contribution in [2.75, 3.05) is 5.32 Å². The molecule has 0 aliphatic heterocycles. The fourth-order valence-corrected chi connectivity index (χ4v) is 5.22. The number of aromatic nitrogens is 2. The summed E-state index contributed by atoms with van der Waals surface area (Å²) in [6, 6.07) is 20.8. The van der Waals surface area contributed by atoms with Crippen molar-refractivity contribution in [1.29, 1.82) is 0 Å². The van der Waals surface area contributed by atoms with Crippen molar-refractivity contribution >= 4 is 29.8 Å². The zero-order valence-corrected chi connectivity index (χ0v) is 31.9. The molecule has 0 aliphatic carbocycles. The molecule has 1 heterocycles. The van der Waals surface area contributed by atoms with Gasteiger partial charge >= 0.3 is 24.3 Å². The van der Waals surface area contributed by atoms with Crippen LogP contribution in [0.5, 0.6) is 0 Å². The van der Waals surface area contributed by atoms with Crippen LogP contribution >= 0.6 is 0 Å².